The molecule has 4 aromatic heterocycles. The summed E-state index contributed by atoms with van der Waals surface area (Å²) in [4.78, 5) is 15.7. The summed E-state index contributed by atoms with van der Waals surface area (Å²) in [5, 5.41) is 9.34. The molecule has 5 nitrogen and oxygen atoms in total. The van der Waals surface area contributed by atoms with Gasteiger partial charge in [-0.2, -0.15) is 9.97 Å². The van der Waals surface area contributed by atoms with Gasteiger partial charge in [0.2, 0.25) is 5.95 Å². The molecule has 0 N–H and O–H groups in total. The van der Waals surface area contributed by atoms with Crippen LogP contribution in [0.4, 0.5) is 0 Å². The number of rotatable bonds is 4. The topological polar surface area (TPSA) is 56.7 Å². The van der Waals surface area contributed by atoms with Gasteiger partial charge in [0.25, 0.3) is 0 Å². The SMILES string of the molecule is c1ccc(-c2nc(-c3ccc4c(c3)oc3ccccc34)nc(-n3c4cc5ccccc5cc4c4cccc(-c5ccc6c(c5)sc5ccccc56)c43)n2)cc1. The Balaban J connectivity index is 1.16. The zero-order valence-corrected chi connectivity index (χ0v) is 30.1. The van der Waals surface area contributed by atoms with E-state index in [1.54, 1.807) is 0 Å². The van der Waals surface area contributed by atoms with Crippen LogP contribution in [-0.4, -0.2) is 19.5 Å². The van der Waals surface area contributed by atoms with Crippen molar-refractivity contribution in [2.45, 2.75) is 0 Å². The van der Waals surface area contributed by atoms with E-state index in [0.29, 0.717) is 17.6 Å². The van der Waals surface area contributed by atoms with E-state index in [-0.39, 0.29) is 0 Å². The summed E-state index contributed by atoms with van der Waals surface area (Å²) in [6, 6.07) is 59.8. The molecule has 0 amide bonds. The van der Waals surface area contributed by atoms with Crippen molar-refractivity contribution in [3.63, 3.8) is 0 Å². The minimum atomic E-state index is 0.555. The molecule has 256 valence electrons. The van der Waals surface area contributed by atoms with E-state index in [4.69, 9.17) is 19.4 Å². The Labute approximate surface area is 318 Å². The van der Waals surface area contributed by atoms with Crippen molar-refractivity contribution in [1.82, 2.24) is 19.5 Å². The van der Waals surface area contributed by atoms with Gasteiger partial charge in [0.05, 0.1) is 11.0 Å². The number of fused-ring (bicyclic) bond motifs is 10. The number of hydrogen-bond acceptors (Lipinski definition) is 5. The predicted molar refractivity (Wildman–Crippen MR) is 228 cm³/mol. The van der Waals surface area contributed by atoms with Crippen LogP contribution in [0.2, 0.25) is 0 Å². The number of benzene rings is 8. The molecule has 0 saturated carbocycles. The first-order valence-corrected chi connectivity index (χ1v) is 19.2. The lowest BCUT2D eigenvalue weighted by Crippen LogP contribution is -2.07. The van der Waals surface area contributed by atoms with Gasteiger partial charge in [-0.15, -0.1) is 11.3 Å². The van der Waals surface area contributed by atoms with Crippen LogP contribution >= 0.6 is 11.3 Å². The van der Waals surface area contributed by atoms with Gasteiger partial charge in [-0.05, 0) is 58.8 Å². The van der Waals surface area contributed by atoms with Crippen LogP contribution in [-0.2, 0) is 0 Å². The Morgan fingerprint density at radius 1 is 0.418 bits per heavy atom. The highest BCUT2D eigenvalue weighted by atomic mass is 32.1. The third kappa shape index (κ3) is 4.68. The molecule has 0 bridgehead atoms. The Morgan fingerprint density at radius 3 is 1.98 bits per heavy atom. The van der Waals surface area contributed by atoms with Crippen molar-refractivity contribution >= 4 is 86.0 Å². The zero-order chi connectivity index (χ0) is 36.0. The van der Waals surface area contributed by atoms with E-state index in [1.165, 1.54) is 25.6 Å². The fraction of sp³-hybridized carbons (Fsp3) is 0. The van der Waals surface area contributed by atoms with E-state index < -0.39 is 0 Å². The number of aromatic nitrogens is 4. The summed E-state index contributed by atoms with van der Waals surface area (Å²) >= 11 is 1.84. The van der Waals surface area contributed by atoms with Crippen LogP contribution in [0.15, 0.2) is 174 Å². The second-order valence-corrected chi connectivity index (χ2v) is 15.1. The second kappa shape index (κ2) is 11.7. The lowest BCUT2D eigenvalue weighted by molar-refractivity contribution is 0.669. The summed E-state index contributed by atoms with van der Waals surface area (Å²) < 4.78 is 11.1. The highest BCUT2D eigenvalue weighted by Crippen LogP contribution is 2.42. The minimum absolute atomic E-state index is 0.555. The maximum Gasteiger partial charge on any atom is 0.238 e. The Kier molecular flexibility index (Phi) is 6.44. The van der Waals surface area contributed by atoms with Gasteiger partial charge in [-0.1, -0.05) is 127 Å². The van der Waals surface area contributed by atoms with Gasteiger partial charge in [-0.25, -0.2) is 4.98 Å². The molecule has 55 heavy (non-hydrogen) atoms. The molecule has 0 fully saturated rings. The number of nitrogens with zero attached hydrogens (tertiary/aromatic N) is 4. The Hall–Kier alpha value is -7.15. The van der Waals surface area contributed by atoms with E-state index in [1.807, 2.05) is 53.8 Å². The summed E-state index contributed by atoms with van der Waals surface area (Å²) in [7, 11) is 0. The molecule has 0 aliphatic heterocycles. The van der Waals surface area contributed by atoms with Crippen molar-refractivity contribution in [1.29, 1.82) is 0 Å². The van der Waals surface area contributed by atoms with Gasteiger partial charge < -0.3 is 4.42 Å². The fourth-order valence-electron chi connectivity index (χ4n) is 8.26. The standard InChI is InChI=1S/C49H28N4OS/c1-2-11-29(12-3-1)47-50-48(33-22-23-36-35-15-6-8-19-42(35)54-43(36)27-33)52-49(51-47)53-41-26-31-14-5-4-13-30(31)25-40(41)39-18-10-17-34(46(39)53)32-21-24-38-37-16-7-9-20-44(37)55-45(38)28-32/h1-28H. The fourth-order valence-corrected chi connectivity index (χ4v) is 9.41. The van der Waals surface area contributed by atoms with E-state index in [2.05, 4.69) is 132 Å². The van der Waals surface area contributed by atoms with Gasteiger partial charge >= 0.3 is 0 Å². The maximum absolute atomic E-state index is 6.33. The van der Waals surface area contributed by atoms with Crippen molar-refractivity contribution in [2.75, 3.05) is 0 Å². The largest absolute Gasteiger partial charge is 0.456 e. The third-order valence-corrected chi connectivity index (χ3v) is 12.0. The van der Waals surface area contributed by atoms with Gasteiger partial charge in [0.1, 0.15) is 11.2 Å². The Morgan fingerprint density at radius 2 is 1.09 bits per heavy atom. The van der Waals surface area contributed by atoms with Gasteiger partial charge in [0, 0.05) is 58.4 Å². The van der Waals surface area contributed by atoms with E-state index in [0.717, 1.165) is 71.4 Å². The second-order valence-electron chi connectivity index (χ2n) is 14.0. The van der Waals surface area contributed by atoms with Crippen LogP contribution in [0.5, 0.6) is 0 Å². The quantitative estimate of drug-likeness (QED) is 0.182. The molecule has 0 aliphatic rings. The molecule has 8 aromatic carbocycles. The van der Waals surface area contributed by atoms with Crippen molar-refractivity contribution in [3.05, 3.63) is 170 Å². The van der Waals surface area contributed by atoms with Gasteiger partial charge in [0.15, 0.2) is 11.6 Å². The summed E-state index contributed by atoms with van der Waals surface area (Å²) in [5.74, 6) is 1.73. The molecule has 6 heteroatoms. The molecule has 0 unspecified atom stereocenters. The monoisotopic (exact) mass is 720 g/mol. The predicted octanol–water partition coefficient (Wildman–Crippen LogP) is 13.4. The van der Waals surface area contributed by atoms with Crippen molar-refractivity contribution in [3.8, 4) is 39.9 Å². The smallest absolute Gasteiger partial charge is 0.238 e. The molecule has 0 saturated heterocycles. The maximum atomic E-state index is 6.33. The normalized spacial score (nSPS) is 12.0. The van der Waals surface area contributed by atoms with Crippen LogP contribution in [0, 0.1) is 0 Å². The summed E-state index contributed by atoms with van der Waals surface area (Å²) in [6.07, 6.45) is 0. The lowest BCUT2D eigenvalue weighted by atomic mass is 10.00. The van der Waals surface area contributed by atoms with Crippen LogP contribution in [0.1, 0.15) is 0 Å². The summed E-state index contributed by atoms with van der Waals surface area (Å²) in [6.45, 7) is 0. The molecule has 4 heterocycles. The lowest BCUT2D eigenvalue weighted by Gasteiger charge is -2.13. The molecule has 0 atom stereocenters. The van der Waals surface area contributed by atoms with Crippen molar-refractivity contribution in [2.24, 2.45) is 0 Å². The molecule has 0 radical (unpaired) electrons. The highest BCUT2D eigenvalue weighted by molar-refractivity contribution is 7.25. The first-order chi connectivity index (χ1) is 27.2. The van der Waals surface area contributed by atoms with E-state index >= 15 is 0 Å². The zero-order valence-electron chi connectivity index (χ0n) is 29.3. The van der Waals surface area contributed by atoms with Crippen LogP contribution < -0.4 is 0 Å². The molecule has 0 spiro atoms. The average Bonchev–Trinajstić information content (AvgIpc) is 3.91. The third-order valence-electron chi connectivity index (χ3n) is 10.8. The number of thiophene rings is 1. The van der Waals surface area contributed by atoms with E-state index in [9.17, 15) is 0 Å². The molecular weight excluding hydrogens is 693 g/mol. The number of hydrogen-bond donors (Lipinski definition) is 0. The molecule has 12 rings (SSSR count). The minimum Gasteiger partial charge on any atom is -0.456 e. The van der Waals surface area contributed by atoms with Crippen LogP contribution in [0.3, 0.4) is 0 Å². The molecule has 12 aromatic rings. The van der Waals surface area contributed by atoms with Crippen LogP contribution in [0.25, 0.3) is 115 Å². The van der Waals surface area contributed by atoms with Gasteiger partial charge in [-0.3, -0.25) is 4.57 Å². The highest BCUT2D eigenvalue weighted by Gasteiger charge is 2.22. The first-order valence-electron chi connectivity index (χ1n) is 18.3. The summed E-state index contributed by atoms with van der Waals surface area (Å²) in [5.41, 5.74) is 7.77. The molecular formula is C49H28N4OS. The average molecular weight is 721 g/mol. The van der Waals surface area contributed by atoms with Crippen molar-refractivity contribution < 1.29 is 4.42 Å². The number of para-hydroxylation sites is 2. The first kappa shape index (κ1) is 30.3. The number of furan rings is 1. The Bertz CT molecular complexity index is 3500. The molecule has 0 aliphatic carbocycles.